The van der Waals surface area contributed by atoms with Crippen molar-refractivity contribution in [3.63, 3.8) is 0 Å². The summed E-state index contributed by atoms with van der Waals surface area (Å²) in [6.07, 6.45) is 3.29. The molecule has 2 aromatic carbocycles. The van der Waals surface area contributed by atoms with Crippen molar-refractivity contribution in [2.75, 3.05) is 69.4 Å². The van der Waals surface area contributed by atoms with Crippen molar-refractivity contribution in [2.45, 2.75) is 56.4 Å². The predicted molar refractivity (Wildman–Crippen MR) is 180 cm³/mol. The molecule has 47 heavy (non-hydrogen) atoms. The highest BCUT2D eigenvalue weighted by atomic mass is 35.5. The average molecular weight is 657 g/mol. The number of ether oxygens (including phenoxy) is 2. The zero-order valence-corrected chi connectivity index (χ0v) is 27.5. The number of benzene rings is 2. The second-order valence-electron chi connectivity index (χ2n) is 13.6. The Kier molecular flexibility index (Phi) is 8.30. The molecular formula is C35H41ClN8O3. The largest absolute Gasteiger partial charge is 0.462 e. The first-order valence-electron chi connectivity index (χ1n) is 16.9. The molecule has 0 spiro atoms. The SMILES string of the molecule is CN1CCC[C@H]1COc1nc2c(c(N3CCN(C(=O)[C@H]4N[C@@H]4C4COC4)[C@@H](CC#N)C3)n1)CCN(c1cccc3cccc(Cl)c13)C2. The summed E-state index contributed by atoms with van der Waals surface area (Å²) in [6, 6.07) is 15.2. The van der Waals surface area contributed by atoms with Crippen molar-refractivity contribution >= 4 is 39.8 Å². The molecule has 246 valence electrons. The molecule has 11 nitrogen and oxygen atoms in total. The van der Waals surface area contributed by atoms with E-state index in [-0.39, 0.29) is 30.5 Å². The fraction of sp³-hybridized carbons (Fsp3) is 0.543. The third kappa shape index (κ3) is 5.86. The normalized spacial score (nSPS) is 26.2. The molecule has 0 aliphatic carbocycles. The minimum absolute atomic E-state index is 0.0978. The number of likely N-dealkylation sites (tertiary alicyclic amines) is 1. The van der Waals surface area contributed by atoms with Crippen molar-refractivity contribution in [3.05, 3.63) is 52.7 Å². The van der Waals surface area contributed by atoms with E-state index in [9.17, 15) is 10.1 Å². The minimum atomic E-state index is -0.220. The monoisotopic (exact) mass is 656 g/mol. The van der Waals surface area contributed by atoms with Crippen molar-refractivity contribution < 1.29 is 14.3 Å². The van der Waals surface area contributed by atoms with Gasteiger partial charge in [0.1, 0.15) is 18.5 Å². The maximum Gasteiger partial charge on any atom is 0.318 e. The Hall–Kier alpha value is -3.69. The summed E-state index contributed by atoms with van der Waals surface area (Å²) in [6.45, 7) is 6.15. The van der Waals surface area contributed by atoms with E-state index in [1.54, 1.807) is 0 Å². The molecule has 4 atom stereocenters. The van der Waals surface area contributed by atoms with Crippen LogP contribution in [0.15, 0.2) is 36.4 Å². The number of aromatic nitrogens is 2. The molecule has 6 heterocycles. The number of likely N-dealkylation sites (N-methyl/N-ethyl adjacent to an activating group) is 1. The van der Waals surface area contributed by atoms with Crippen molar-refractivity contribution in [3.8, 4) is 12.1 Å². The summed E-state index contributed by atoms with van der Waals surface area (Å²) >= 11 is 6.74. The summed E-state index contributed by atoms with van der Waals surface area (Å²) in [5, 5.41) is 16.0. The van der Waals surface area contributed by atoms with Crippen LogP contribution in [0, 0.1) is 17.2 Å². The molecule has 1 amide bonds. The van der Waals surface area contributed by atoms with Crippen LogP contribution in [-0.4, -0.2) is 109 Å². The lowest BCUT2D eigenvalue weighted by atomic mass is 9.99. The Morgan fingerprint density at radius 3 is 2.72 bits per heavy atom. The molecule has 0 unspecified atom stereocenters. The summed E-state index contributed by atoms with van der Waals surface area (Å²) in [7, 11) is 2.14. The highest BCUT2D eigenvalue weighted by Crippen LogP contribution is 2.38. The average Bonchev–Trinajstić information content (AvgIpc) is 3.72. The van der Waals surface area contributed by atoms with Crippen LogP contribution in [0.25, 0.3) is 10.8 Å². The van der Waals surface area contributed by atoms with E-state index in [4.69, 9.17) is 31.0 Å². The first-order chi connectivity index (χ1) is 23.0. The van der Waals surface area contributed by atoms with E-state index >= 15 is 0 Å². The van der Waals surface area contributed by atoms with Crippen LogP contribution in [0.3, 0.4) is 0 Å². The van der Waals surface area contributed by atoms with Crippen LogP contribution in [0.1, 0.15) is 30.5 Å². The number of carbonyl (C=O) groups is 1. The number of piperazine rings is 1. The molecule has 4 fully saturated rings. The zero-order valence-electron chi connectivity index (χ0n) is 26.8. The van der Waals surface area contributed by atoms with E-state index in [0.29, 0.717) is 64.0 Å². The number of nitrogens with one attached hydrogen (secondary N) is 1. The summed E-state index contributed by atoms with van der Waals surface area (Å²) in [5.41, 5.74) is 3.15. The van der Waals surface area contributed by atoms with Crippen LogP contribution in [-0.2, 0) is 22.5 Å². The number of nitriles is 1. The Morgan fingerprint density at radius 1 is 1.11 bits per heavy atom. The summed E-state index contributed by atoms with van der Waals surface area (Å²) in [4.78, 5) is 32.5. The molecule has 0 saturated carbocycles. The van der Waals surface area contributed by atoms with Gasteiger partial charge in [-0.1, -0.05) is 35.9 Å². The molecule has 5 aliphatic rings. The number of anilines is 2. The second kappa shape index (κ2) is 12.7. The van der Waals surface area contributed by atoms with Crippen LogP contribution in [0.2, 0.25) is 5.02 Å². The number of rotatable bonds is 8. The van der Waals surface area contributed by atoms with Crippen LogP contribution < -0.4 is 19.9 Å². The van der Waals surface area contributed by atoms with E-state index in [0.717, 1.165) is 70.9 Å². The third-order valence-corrected chi connectivity index (χ3v) is 11.0. The molecule has 8 rings (SSSR count). The number of hydrogen-bond donors (Lipinski definition) is 1. The van der Waals surface area contributed by atoms with Gasteiger partial charge >= 0.3 is 6.01 Å². The quantitative estimate of drug-likeness (QED) is 0.362. The standard InChI is InChI=1S/C35H41ClN8O3/c1-41-13-4-7-25(41)21-47-35-38-28-18-42(29-9-3-6-22-5-2-8-27(36)30(22)29)14-11-26(28)33(40-35)43-15-16-44(24(17-43)10-12-37)34(45)32-31(39-32)23-19-46-20-23/h2-3,5-6,8-9,23-25,31-32,39H,4,7,10-11,13-21H2,1H3/t24-,25-,31+,32-/m0/s1. The molecule has 5 aliphatic heterocycles. The van der Waals surface area contributed by atoms with Crippen molar-refractivity contribution in [1.82, 2.24) is 25.1 Å². The molecule has 0 bridgehead atoms. The summed E-state index contributed by atoms with van der Waals surface area (Å²) in [5.74, 6) is 1.36. The third-order valence-electron chi connectivity index (χ3n) is 10.7. The Morgan fingerprint density at radius 2 is 1.96 bits per heavy atom. The zero-order chi connectivity index (χ0) is 32.1. The Bertz CT molecular complexity index is 1710. The van der Waals surface area contributed by atoms with E-state index in [1.165, 1.54) is 0 Å². The topological polar surface area (TPSA) is 120 Å². The number of hydrogen-bond acceptors (Lipinski definition) is 10. The lowest BCUT2D eigenvalue weighted by Gasteiger charge is -2.42. The molecule has 3 aromatic rings. The maximum absolute atomic E-state index is 13.6. The van der Waals surface area contributed by atoms with Gasteiger partial charge in [-0.05, 0) is 50.4 Å². The van der Waals surface area contributed by atoms with Gasteiger partial charge in [-0.15, -0.1) is 0 Å². The number of carbonyl (C=O) groups excluding carboxylic acids is 1. The van der Waals surface area contributed by atoms with Gasteiger partial charge in [-0.3, -0.25) is 10.1 Å². The maximum atomic E-state index is 13.6. The van der Waals surface area contributed by atoms with Crippen LogP contribution >= 0.6 is 11.6 Å². The molecular weight excluding hydrogens is 616 g/mol. The lowest BCUT2D eigenvalue weighted by Crippen LogP contribution is -2.57. The van der Waals surface area contributed by atoms with E-state index in [2.05, 4.69) is 57.4 Å². The first-order valence-corrected chi connectivity index (χ1v) is 17.3. The van der Waals surface area contributed by atoms with Gasteiger partial charge in [-0.25, -0.2) is 0 Å². The second-order valence-corrected chi connectivity index (χ2v) is 14.0. The molecule has 1 N–H and O–H groups in total. The van der Waals surface area contributed by atoms with Crippen LogP contribution in [0.4, 0.5) is 11.5 Å². The van der Waals surface area contributed by atoms with Gasteiger partial charge < -0.3 is 29.1 Å². The van der Waals surface area contributed by atoms with Crippen molar-refractivity contribution in [1.29, 1.82) is 5.26 Å². The van der Waals surface area contributed by atoms with Crippen molar-refractivity contribution in [2.24, 2.45) is 5.92 Å². The van der Waals surface area contributed by atoms with Gasteiger partial charge in [0.05, 0.1) is 49.0 Å². The minimum Gasteiger partial charge on any atom is -0.462 e. The van der Waals surface area contributed by atoms with Gasteiger partial charge in [0.25, 0.3) is 0 Å². The fourth-order valence-electron chi connectivity index (χ4n) is 7.86. The molecule has 4 saturated heterocycles. The smallest absolute Gasteiger partial charge is 0.318 e. The number of nitrogens with zero attached hydrogens (tertiary/aromatic N) is 7. The number of fused-ring (bicyclic) bond motifs is 2. The molecule has 12 heteroatoms. The van der Waals surface area contributed by atoms with Crippen LogP contribution in [0.5, 0.6) is 6.01 Å². The number of halogens is 1. The van der Waals surface area contributed by atoms with E-state index in [1.807, 2.05) is 17.0 Å². The van der Waals surface area contributed by atoms with Gasteiger partial charge in [0, 0.05) is 60.8 Å². The number of amides is 1. The molecule has 0 radical (unpaired) electrons. The van der Waals surface area contributed by atoms with E-state index < -0.39 is 0 Å². The summed E-state index contributed by atoms with van der Waals surface area (Å²) < 4.78 is 11.7. The molecule has 1 aromatic heterocycles. The first kappa shape index (κ1) is 30.6. The van der Waals surface area contributed by atoms with Gasteiger partial charge in [0.15, 0.2) is 0 Å². The Balaban J connectivity index is 1.08. The van der Waals surface area contributed by atoms with Gasteiger partial charge in [-0.2, -0.15) is 15.2 Å². The lowest BCUT2D eigenvalue weighted by molar-refractivity contribution is -0.133. The predicted octanol–water partition coefficient (Wildman–Crippen LogP) is 3.24. The highest BCUT2D eigenvalue weighted by molar-refractivity contribution is 6.36. The van der Waals surface area contributed by atoms with Gasteiger partial charge in [0.2, 0.25) is 5.91 Å². The Labute approximate surface area is 280 Å². The fourth-order valence-corrected chi connectivity index (χ4v) is 8.14. The highest BCUT2D eigenvalue weighted by Gasteiger charge is 2.52.